The summed E-state index contributed by atoms with van der Waals surface area (Å²) in [6.07, 6.45) is 14.0. The molecule has 48 heavy (non-hydrogen) atoms. The third-order valence-corrected chi connectivity index (χ3v) is 8.84. The third-order valence-electron chi connectivity index (χ3n) is 8.84. The number of fused-ring (bicyclic) bond motifs is 1. The minimum atomic E-state index is -0.415. The van der Waals surface area contributed by atoms with Gasteiger partial charge >= 0.3 is 6.03 Å². The van der Waals surface area contributed by atoms with Crippen molar-refractivity contribution in [3.63, 3.8) is 0 Å². The van der Waals surface area contributed by atoms with Crippen molar-refractivity contribution in [2.24, 2.45) is 0 Å². The van der Waals surface area contributed by atoms with E-state index in [1.54, 1.807) is 34.4 Å². The Kier molecular flexibility index (Phi) is 11.6. The normalized spacial score (nSPS) is 15.5. The van der Waals surface area contributed by atoms with E-state index in [4.69, 9.17) is 14.2 Å². The Morgan fingerprint density at radius 3 is 2.54 bits per heavy atom. The Hall–Kier alpha value is -4.46. The van der Waals surface area contributed by atoms with Gasteiger partial charge in [-0.25, -0.2) is 4.79 Å². The number of aromatic nitrogens is 5. The molecule has 2 aliphatic rings. The zero-order valence-electron chi connectivity index (χ0n) is 27.2. The Bertz CT molecular complexity index is 1700. The van der Waals surface area contributed by atoms with Crippen LogP contribution in [0.5, 0.6) is 0 Å². The van der Waals surface area contributed by atoms with Crippen LogP contribution in [-0.2, 0) is 38.4 Å². The maximum Gasteiger partial charge on any atom is 0.328 e. The molecule has 0 spiro atoms. The monoisotopic (exact) mass is 657 g/mol. The lowest BCUT2D eigenvalue weighted by molar-refractivity contribution is -0.120. The van der Waals surface area contributed by atoms with E-state index in [9.17, 15) is 14.4 Å². The third kappa shape index (κ3) is 8.91. The minimum absolute atomic E-state index is 0.0197. The van der Waals surface area contributed by atoms with Crippen LogP contribution in [0, 0.1) is 0 Å². The fraction of sp³-hybridized carbons (Fsp3) is 0.486. The number of carbonyl (C=O) groups excluding carboxylic acids is 3. The number of H-pyrrole nitrogens is 1. The summed E-state index contributed by atoms with van der Waals surface area (Å²) < 4.78 is 18.7. The van der Waals surface area contributed by atoms with Crippen molar-refractivity contribution in [3.8, 4) is 0 Å². The number of hydrogen-bond donors (Lipinski definition) is 2. The SMILES string of the molecule is O=C1CCN(c2cncc3cc(CCCOCCOCCOCCn4cc(C(=O)Cc5cc(C6CCCC6)n[nH]5)cn4)ccc23)C(=O)N1. The second-order valence-electron chi connectivity index (χ2n) is 12.3. The molecule has 3 aromatic heterocycles. The van der Waals surface area contributed by atoms with Crippen molar-refractivity contribution >= 4 is 34.2 Å². The fourth-order valence-electron chi connectivity index (χ4n) is 6.26. The van der Waals surface area contributed by atoms with Crippen molar-refractivity contribution in [3.05, 3.63) is 71.6 Å². The first-order valence-electron chi connectivity index (χ1n) is 16.8. The number of anilines is 1. The molecule has 6 rings (SSSR count). The number of carbonyl (C=O) groups is 3. The smallest absolute Gasteiger partial charge is 0.328 e. The van der Waals surface area contributed by atoms with Gasteiger partial charge < -0.3 is 14.2 Å². The molecule has 2 fully saturated rings. The molecule has 1 aromatic carbocycles. The van der Waals surface area contributed by atoms with Crippen LogP contribution in [0.15, 0.2) is 49.1 Å². The molecular formula is C35H43N7O6. The largest absolute Gasteiger partial charge is 0.379 e. The summed E-state index contributed by atoms with van der Waals surface area (Å²) in [6.45, 7) is 3.93. The molecule has 0 unspecified atom stereocenters. The second kappa shape index (κ2) is 16.6. The molecule has 4 heterocycles. The first kappa shape index (κ1) is 33.4. The molecule has 0 radical (unpaired) electrons. The number of nitrogens with zero attached hydrogens (tertiary/aromatic N) is 5. The number of pyridine rings is 1. The zero-order valence-corrected chi connectivity index (χ0v) is 27.2. The average Bonchev–Trinajstić information content (AvgIpc) is 3.88. The highest BCUT2D eigenvalue weighted by Crippen LogP contribution is 2.33. The van der Waals surface area contributed by atoms with Crippen molar-refractivity contribution < 1.29 is 28.6 Å². The Balaban J connectivity index is 0.795. The minimum Gasteiger partial charge on any atom is -0.379 e. The summed E-state index contributed by atoms with van der Waals surface area (Å²) in [6, 6.07) is 7.77. The van der Waals surface area contributed by atoms with Crippen LogP contribution in [0.3, 0.4) is 0 Å². The standard InChI is InChI=1S/C35H43N7O6/c43-33(20-29-19-31(40-39-29)26-5-1-2-6-26)28-22-37-41(24-28)11-13-47-15-17-48-16-14-46-12-3-4-25-7-8-30-27(18-25)21-36-23-32(30)42-10-9-34(44)38-35(42)45/h7-8,18-19,21-24,26H,1-6,9-17,20H2,(H,39,40)(H,38,44,45). The summed E-state index contributed by atoms with van der Waals surface area (Å²) >= 11 is 0. The lowest BCUT2D eigenvalue weighted by Crippen LogP contribution is -2.49. The molecule has 1 saturated heterocycles. The lowest BCUT2D eigenvalue weighted by Gasteiger charge is -2.27. The number of ketones is 1. The van der Waals surface area contributed by atoms with Gasteiger partial charge in [-0.3, -0.25) is 34.6 Å². The van der Waals surface area contributed by atoms with E-state index >= 15 is 0 Å². The molecular weight excluding hydrogens is 614 g/mol. The van der Waals surface area contributed by atoms with Gasteiger partial charge in [-0.15, -0.1) is 0 Å². The first-order valence-corrected chi connectivity index (χ1v) is 16.8. The molecule has 4 aromatic rings. The summed E-state index contributed by atoms with van der Waals surface area (Å²) in [4.78, 5) is 42.4. The van der Waals surface area contributed by atoms with Crippen LogP contribution >= 0.6 is 0 Å². The number of amides is 3. The van der Waals surface area contributed by atoms with E-state index in [0.29, 0.717) is 76.3 Å². The van der Waals surface area contributed by atoms with Gasteiger partial charge in [-0.1, -0.05) is 25.0 Å². The van der Waals surface area contributed by atoms with E-state index in [1.165, 1.54) is 25.7 Å². The molecule has 3 amide bonds. The number of aromatic amines is 1. The van der Waals surface area contributed by atoms with Gasteiger partial charge in [0.15, 0.2) is 5.78 Å². The zero-order chi connectivity index (χ0) is 33.1. The predicted octanol–water partition coefficient (Wildman–Crippen LogP) is 4.37. The molecule has 1 aliphatic heterocycles. The topological polar surface area (TPSA) is 154 Å². The molecule has 1 aliphatic carbocycles. The number of nitrogens with one attached hydrogen (secondary N) is 2. The summed E-state index contributed by atoms with van der Waals surface area (Å²) in [5.41, 5.74) is 4.38. The molecule has 254 valence electrons. The van der Waals surface area contributed by atoms with Crippen LogP contribution in [-0.4, -0.2) is 88.9 Å². The van der Waals surface area contributed by atoms with Crippen LogP contribution in [0.4, 0.5) is 10.5 Å². The van der Waals surface area contributed by atoms with Crippen molar-refractivity contribution in [2.45, 2.75) is 63.8 Å². The lowest BCUT2D eigenvalue weighted by atomic mass is 10.0. The summed E-state index contributed by atoms with van der Waals surface area (Å²) in [5.74, 6) is 0.286. The summed E-state index contributed by atoms with van der Waals surface area (Å²) in [7, 11) is 0. The van der Waals surface area contributed by atoms with E-state index in [2.05, 4.69) is 37.7 Å². The number of urea groups is 1. The van der Waals surface area contributed by atoms with Gasteiger partial charge in [0.05, 0.1) is 75.3 Å². The van der Waals surface area contributed by atoms with Gasteiger partial charge in [0.1, 0.15) is 0 Å². The molecule has 13 nitrogen and oxygen atoms in total. The number of rotatable bonds is 18. The van der Waals surface area contributed by atoms with Crippen LogP contribution in [0.1, 0.15) is 71.8 Å². The number of imide groups is 1. The quantitative estimate of drug-likeness (QED) is 0.117. The molecule has 2 N–H and O–H groups in total. The second-order valence-corrected chi connectivity index (χ2v) is 12.3. The highest BCUT2D eigenvalue weighted by Gasteiger charge is 2.26. The number of ether oxygens (including phenoxy) is 3. The molecule has 0 atom stereocenters. The Labute approximate surface area is 279 Å². The van der Waals surface area contributed by atoms with Crippen molar-refractivity contribution in [1.82, 2.24) is 30.3 Å². The van der Waals surface area contributed by atoms with Gasteiger partial charge in [0.2, 0.25) is 5.91 Å². The highest BCUT2D eigenvalue weighted by molar-refractivity contribution is 6.09. The average molecular weight is 658 g/mol. The van der Waals surface area contributed by atoms with Gasteiger partial charge in [0.25, 0.3) is 0 Å². The summed E-state index contributed by atoms with van der Waals surface area (Å²) in [5, 5.41) is 16.0. The predicted molar refractivity (Wildman–Crippen MR) is 178 cm³/mol. The fourth-order valence-corrected chi connectivity index (χ4v) is 6.26. The first-order chi connectivity index (χ1) is 23.5. The number of benzene rings is 1. The molecule has 0 bridgehead atoms. The Morgan fingerprint density at radius 2 is 1.73 bits per heavy atom. The molecule has 1 saturated carbocycles. The van der Waals surface area contributed by atoms with Crippen LogP contribution in [0.25, 0.3) is 10.8 Å². The van der Waals surface area contributed by atoms with E-state index in [1.807, 2.05) is 12.1 Å². The van der Waals surface area contributed by atoms with Crippen molar-refractivity contribution in [2.75, 3.05) is 51.1 Å². The van der Waals surface area contributed by atoms with Gasteiger partial charge in [0, 0.05) is 54.4 Å². The highest BCUT2D eigenvalue weighted by atomic mass is 16.5. The molecule has 13 heteroatoms. The Morgan fingerprint density at radius 1 is 0.938 bits per heavy atom. The van der Waals surface area contributed by atoms with E-state index in [0.717, 1.165) is 40.6 Å². The van der Waals surface area contributed by atoms with E-state index < -0.39 is 6.03 Å². The maximum atomic E-state index is 12.7. The van der Waals surface area contributed by atoms with Gasteiger partial charge in [-0.05, 0) is 43.4 Å². The number of hydrogen-bond acceptors (Lipinski definition) is 9. The van der Waals surface area contributed by atoms with Crippen LogP contribution in [0.2, 0.25) is 0 Å². The number of aryl methyl sites for hydroxylation is 1. The van der Waals surface area contributed by atoms with E-state index in [-0.39, 0.29) is 18.1 Å². The van der Waals surface area contributed by atoms with Crippen molar-refractivity contribution in [1.29, 1.82) is 0 Å². The van der Waals surface area contributed by atoms with Crippen LogP contribution < -0.4 is 10.2 Å². The maximum absolute atomic E-state index is 12.7. The van der Waals surface area contributed by atoms with Gasteiger partial charge in [-0.2, -0.15) is 10.2 Å². The number of Topliss-reactive ketones (excluding diaryl/α,β-unsaturated/α-hetero) is 1.